The maximum Gasteiger partial charge on any atom is 0.271 e. The standard InChI is InChI=1S/C16H17FN4O2/c17-11-1-3-13(4-2-11)21-15(22)6-5-14(20-21)16(23)19-12-7-9-18-10-8-12/h1-6,12,18H,7-10H2,(H,19,23). The number of nitrogens with zero attached hydrogens (tertiary/aromatic N) is 2. The summed E-state index contributed by atoms with van der Waals surface area (Å²) >= 11 is 0. The van der Waals surface area contributed by atoms with E-state index in [-0.39, 0.29) is 23.2 Å². The molecule has 3 rings (SSSR count). The number of carbonyl (C=O) groups is 1. The summed E-state index contributed by atoms with van der Waals surface area (Å²) in [5.74, 6) is -0.714. The van der Waals surface area contributed by atoms with Gasteiger partial charge in [-0.25, -0.2) is 4.39 Å². The molecule has 23 heavy (non-hydrogen) atoms. The molecule has 0 aliphatic carbocycles. The lowest BCUT2D eigenvalue weighted by molar-refractivity contribution is 0.0922. The van der Waals surface area contributed by atoms with Crippen LogP contribution in [0.3, 0.4) is 0 Å². The van der Waals surface area contributed by atoms with E-state index in [4.69, 9.17) is 0 Å². The number of piperidine rings is 1. The van der Waals surface area contributed by atoms with E-state index in [0.29, 0.717) is 5.69 Å². The van der Waals surface area contributed by atoms with Gasteiger partial charge in [0.1, 0.15) is 11.5 Å². The average molecular weight is 316 g/mol. The van der Waals surface area contributed by atoms with E-state index in [1.165, 1.54) is 36.4 Å². The summed E-state index contributed by atoms with van der Waals surface area (Å²) in [5.41, 5.74) is 0.190. The molecule has 1 aromatic carbocycles. The van der Waals surface area contributed by atoms with Crippen LogP contribution in [0.15, 0.2) is 41.2 Å². The lowest BCUT2D eigenvalue weighted by Gasteiger charge is -2.23. The summed E-state index contributed by atoms with van der Waals surface area (Å²) in [6, 6.07) is 8.16. The van der Waals surface area contributed by atoms with Gasteiger partial charge >= 0.3 is 0 Å². The van der Waals surface area contributed by atoms with Crippen molar-refractivity contribution in [3.8, 4) is 5.69 Å². The second-order valence-electron chi connectivity index (χ2n) is 5.44. The molecule has 0 atom stereocenters. The molecule has 0 spiro atoms. The smallest absolute Gasteiger partial charge is 0.271 e. The normalized spacial score (nSPS) is 15.3. The predicted octanol–water partition coefficient (Wildman–Crippen LogP) is 0.853. The summed E-state index contributed by atoms with van der Waals surface area (Å²) in [6.07, 6.45) is 1.73. The molecule has 0 radical (unpaired) electrons. The minimum atomic E-state index is -0.401. The van der Waals surface area contributed by atoms with E-state index in [0.717, 1.165) is 30.6 Å². The molecule has 7 heteroatoms. The van der Waals surface area contributed by atoms with E-state index in [2.05, 4.69) is 15.7 Å². The largest absolute Gasteiger partial charge is 0.348 e. The van der Waals surface area contributed by atoms with E-state index < -0.39 is 5.82 Å². The van der Waals surface area contributed by atoms with Crippen molar-refractivity contribution in [2.24, 2.45) is 0 Å². The Balaban J connectivity index is 1.83. The quantitative estimate of drug-likeness (QED) is 0.880. The summed E-state index contributed by atoms with van der Waals surface area (Å²) in [5, 5.41) is 10.2. The highest BCUT2D eigenvalue weighted by Crippen LogP contribution is 2.07. The first kappa shape index (κ1) is 15.4. The van der Waals surface area contributed by atoms with Crippen LogP contribution in [0.4, 0.5) is 4.39 Å². The molecule has 2 heterocycles. The van der Waals surface area contributed by atoms with Crippen molar-refractivity contribution in [1.82, 2.24) is 20.4 Å². The fourth-order valence-corrected chi connectivity index (χ4v) is 2.53. The Labute approximate surface area is 132 Å². The molecule has 0 saturated carbocycles. The van der Waals surface area contributed by atoms with Gasteiger partial charge in [0.15, 0.2) is 0 Å². The molecule has 6 nitrogen and oxygen atoms in total. The predicted molar refractivity (Wildman–Crippen MR) is 83.1 cm³/mol. The molecule has 1 fully saturated rings. The molecule has 1 aliphatic rings. The number of rotatable bonds is 3. The molecule has 120 valence electrons. The van der Waals surface area contributed by atoms with Gasteiger partial charge < -0.3 is 10.6 Å². The SMILES string of the molecule is O=C(NC1CCNCC1)c1ccc(=O)n(-c2ccc(F)cc2)n1. The average Bonchev–Trinajstić information content (AvgIpc) is 2.57. The number of hydrogen-bond acceptors (Lipinski definition) is 4. The zero-order chi connectivity index (χ0) is 16.2. The fraction of sp³-hybridized carbons (Fsp3) is 0.312. The minimum Gasteiger partial charge on any atom is -0.348 e. The van der Waals surface area contributed by atoms with E-state index >= 15 is 0 Å². The van der Waals surface area contributed by atoms with Crippen molar-refractivity contribution >= 4 is 5.91 Å². The number of hydrogen-bond donors (Lipinski definition) is 2. The Bertz CT molecular complexity index is 751. The van der Waals surface area contributed by atoms with Gasteiger partial charge in [0.05, 0.1) is 5.69 Å². The second-order valence-corrected chi connectivity index (χ2v) is 5.44. The summed E-state index contributed by atoms with van der Waals surface area (Å²) in [7, 11) is 0. The number of halogens is 1. The third-order valence-electron chi connectivity index (χ3n) is 3.78. The van der Waals surface area contributed by atoms with Crippen molar-refractivity contribution in [3.05, 3.63) is 58.3 Å². The lowest BCUT2D eigenvalue weighted by atomic mass is 10.1. The highest BCUT2D eigenvalue weighted by molar-refractivity contribution is 5.92. The number of nitrogens with one attached hydrogen (secondary N) is 2. The third kappa shape index (κ3) is 3.62. The van der Waals surface area contributed by atoms with Crippen LogP contribution in [0, 0.1) is 5.82 Å². The van der Waals surface area contributed by atoms with Crippen molar-refractivity contribution in [2.45, 2.75) is 18.9 Å². The molecular formula is C16H17FN4O2. The number of amides is 1. The first-order valence-corrected chi connectivity index (χ1v) is 7.51. The van der Waals surface area contributed by atoms with Gasteiger partial charge in [-0.3, -0.25) is 9.59 Å². The van der Waals surface area contributed by atoms with Crippen LogP contribution < -0.4 is 16.2 Å². The van der Waals surface area contributed by atoms with Crippen molar-refractivity contribution in [1.29, 1.82) is 0 Å². The molecule has 1 amide bonds. The van der Waals surface area contributed by atoms with E-state index in [1.54, 1.807) is 0 Å². The van der Waals surface area contributed by atoms with Crippen LogP contribution in [0.1, 0.15) is 23.3 Å². The van der Waals surface area contributed by atoms with Crippen molar-refractivity contribution in [2.75, 3.05) is 13.1 Å². The molecule has 1 aromatic heterocycles. The Kier molecular flexibility index (Phi) is 4.47. The molecule has 1 saturated heterocycles. The summed E-state index contributed by atoms with van der Waals surface area (Å²) < 4.78 is 14.1. The van der Waals surface area contributed by atoms with Gasteiger partial charge in [-0.2, -0.15) is 9.78 Å². The van der Waals surface area contributed by atoms with Gasteiger partial charge in [0.2, 0.25) is 0 Å². The number of benzene rings is 1. The maximum absolute atomic E-state index is 13.0. The highest BCUT2D eigenvalue weighted by atomic mass is 19.1. The van der Waals surface area contributed by atoms with Gasteiger partial charge in [-0.1, -0.05) is 0 Å². The monoisotopic (exact) mass is 316 g/mol. The van der Waals surface area contributed by atoms with E-state index in [9.17, 15) is 14.0 Å². The Morgan fingerprint density at radius 1 is 1.17 bits per heavy atom. The van der Waals surface area contributed by atoms with Crippen LogP contribution >= 0.6 is 0 Å². The van der Waals surface area contributed by atoms with Crippen LogP contribution in [0.2, 0.25) is 0 Å². The lowest BCUT2D eigenvalue weighted by Crippen LogP contribution is -2.43. The van der Waals surface area contributed by atoms with E-state index in [1.807, 2.05) is 0 Å². The highest BCUT2D eigenvalue weighted by Gasteiger charge is 2.18. The topological polar surface area (TPSA) is 76.0 Å². The Hall–Kier alpha value is -2.54. The van der Waals surface area contributed by atoms with Crippen LogP contribution in [-0.4, -0.2) is 34.8 Å². The van der Waals surface area contributed by atoms with Gasteiger partial charge in [-0.15, -0.1) is 0 Å². The molecule has 0 bridgehead atoms. The maximum atomic E-state index is 13.0. The summed E-state index contributed by atoms with van der Waals surface area (Å²) in [4.78, 5) is 24.2. The molecule has 1 aliphatic heterocycles. The number of aromatic nitrogens is 2. The Morgan fingerprint density at radius 2 is 1.87 bits per heavy atom. The molecular weight excluding hydrogens is 299 g/mol. The van der Waals surface area contributed by atoms with Gasteiger partial charge in [0.25, 0.3) is 11.5 Å². The van der Waals surface area contributed by atoms with Crippen molar-refractivity contribution < 1.29 is 9.18 Å². The first-order chi connectivity index (χ1) is 11.1. The zero-order valence-corrected chi connectivity index (χ0v) is 12.5. The van der Waals surface area contributed by atoms with Gasteiger partial charge in [0, 0.05) is 12.1 Å². The number of carbonyl (C=O) groups excluding carboxylic acids is 1. The third-order valence-corrected chi connectivity index (χ3v) is 3.78. The van der Waals surface area contributed by atoms with Crippen molar-refractivity contribution in [3.63, 3.8) is 0 Å². The first-order valence-electron chi connectivity index (χ1n) is 7.51. The van der Waals surface area contributed by atoms with Gasteiger partial charge in [-0.05, 0) is 56.3 Å². The summed E-state index contributed by atoms with van der Waals surface area (Å²) in [6.45, 7) is 1.74. The second kappa shape index (κ2) is 6.70. The molecule has 2 aromatic rings. The van der Waals surface area contributed by atoms with Crippen LogP contribution in [0.25, 0.3) is 5.69 Å². The van der Waals surface area contributed by atoms with Crippen LogP contribution in [-0.2, 0) is 0 Å². The fourth-order valence-electron chi connectivity index (χ4n) is 2.53. The molecule has 2 N–H and O–H groups in total. The Morgan fingerprint density at radius 3 is 2.57 bits per heavy atom. The molecule has 0 unspecified atom stereocenters. The zero-order valence-electron chi connectivity index (χ0n) is 12.5. The minimum absolute atomic E-state index is 0.108. The van der Waals surface area contributed by atoms with Crippen LogP contribution in [0.5, 0.6) is 0 Å².